The van der Waals surface area contributed by atoms with Crippen LogP contribution in [0.4, 0.5) is 10.1 Å². The van der Waals surface area contributed by atoms with Gasteiger partial charge in [-0.25, -0.2) is 17.5 Å². The topological polar surface area (TPSA) is 90.5 Å². The van der Waals surface area contributed by atoms with E-state index < -0.39 is 15.6 Å². The van der Waals surface area contributed by atoms with Gasteiger partial charge in [-0.3, -0.25) is 4.79 Å². The van der Waals surface area contributed by atoms with E-state index in [9.17, 15) is 17.6 Å². The Labute approximate surface area is 202 Å². The van der Waals surface area contributed by atoms with Crippen LogP contribution in [0.15, 0.2) is 47.4 Å². The lowest BCUT2D eigenvalue weighted by molar-refractivity contribution is 0.0936. The summed E-state index contributed by atoms with van der Waals surface area (Å²) in [5, 5.41) is 6.02. The van der Waals surface area contributed by atoms with Gasteiger partial charge in [0.05, 0.1) is 4.90 Å². The van der Waals surface area contributed by atoms with E-state index in [2.05, 4.69) is 27.3 Å². The van der Waals surface area contributed by atoms with Crippen molar-refractivity contribution in [2.45, 2.75) is 50.6 Å². The van der Waals surface area contributed by atoms with Gasteiger partial charge >= 0.3 is 0 Å². The van der Waals surface area contributed by atoms with Gasteiger partial charge < -0.3 is 15.5 Å². The molecule has 0 saturated carbocycles. The van der Waals surface area contributed by atoms with Crippen LogP contribution in [0.25, 0.3) is 0 Å². The third-order valence-corrected chi connectivity index (χ3v) is 7.37. The average Bonchev–Trinajstić information content (AvgIpc) is 2.75. The Morgan fingerprint density at radius 2 is 1.91 bits per heavy atom. The normalized spacial score (nSPS) is 17.4. The zero-order chi connectivity index (χ0) is 24.9. The molecule has 0 spiro atoms. The molecule has 3 N–H and O–H groups in total. The van der Waals surface area contributed by atoms with Crippen molar-refractivity contribution in [1.82, 2.24) is 14.9 Å². The molecule has 1 saturated heterocycles. The van der Waals surface area contributed by atoms with Crippen LogP contribution >= 0.6 is 0 Å². The SMILES string of the molecule is CN1CCCC(CNC(=O)c2cc(NCc3ccccc3F)cc(S(=O)(=O)NC(C)(C)C)c2)C1. The van der Waals surface area contributed by atoms with E-state index in [1.54, 1.807) is 45.0 Å². The van der Waals surface area contributed by atoms with Crippen molar-refractivity contribution in [3.8, 4) is 0 Å². The quantitative estimate of drug-likeness (QED) is 0.526. The first-order valence-corrected chi connectivity index (χ1v) is 13.0. The highest BCUT2D eigenvalue weighted by atomic mass is 32.2. The number of piperidine rings is 1. The molecule has 1 heterocycles. The third-order valence-electron chi connectivity index (χ3n) is 5.63. The smallest absolute Gasteiger partial charge is 0.251 e. The summed E-state index contributed by atoms with van der Waals surface area (Å²) in [6, 6.07) is 10.8. The molecule has 0 aliphatic carbocycles. The van der Waals surface area contributed by atoms with Gasteiger partial charge in [-0.1, -0.05) is 18.2 Å². The fourth-order valence-corrected chi connectivity index (χ4v) is 5.56. The summed E-state index contributed by atoms with van der Waals surface area (Å²) in [6.45, 7) is 7.90. The highest BCUT2D eigenvalue weighted by Gasteiger charge is 2.24. The molecule has 9 heteroatoms. The standard InChI is InChI=1S/C25H35FN4O3S/c1-25(2,3)29-34(32,33)22-13-20(24(31)28-15-18-8-7-11-30(4)17-18)12-21(14-22)27-16-19-9-5-6-10-23(19)26/h5-6,9-10,12-14,18,27,29H,7-8,11,15-17H2,1-4H3,(H,28,31). The van der Waals surface area contributed by atoms with Gasteiger partial charge in [0.2, 0.25) is 10.0 Å². The van der Waals surface area contributed by atoms with Crippen molar-refractivity contribution in [3.05, 3.63) is 59.4 Å². The minimum Gasteiger partial charge on any atom is -0.381 e. The first-order valence-electron chi connectivity index (χ1n) is 11.6. The molecule has 1 aliphatic heterocycles. The maximum atomic E-state index is 14.0. The maximum absolute atomic E-state index is 14.0. The fourth-order valence-electron chi connectivity index (χ4n) is 4.07. The lowest BCUT2D eigenvalue weighted by Gasteiger charge is -2.29. The number of rotatable bonds is 8. The second-order valence-corrected chi connectivity index (χ2v) is 11.7. The Bertz CT molecular complexity index is 1120. The molecule has 34 heavy (non-hydrogen) atoms. The van der Waals surface area contributed by atoms with E-state index in [1.807, 2.05) is 0 Å². The molecule has 7 nitrogen and oxygen atoms in total. The average molecular weight is 491 g/mol. The zero-order valence-corrected chi connectivity index (χ0v) is 21.1. The van der Waals surface area contributed by atoms with Crippen LogP contribution in [0.5, 0.6) is 0 Å². The number of amides is 1. The van der Waals surface area contributed by atoms with E-state index in [0.29, 0.717) is 23.7 Å². The van der Waals surface area contributed by atoms with Crippen molar-refractivity contribution in [2.24, 2.45) is 5.92 Å². The van der Waals surface area contributed by atoms with E-state index in [4.69, 9.17) is 0 Å². The van der Waals surface area contributed by atoms with Gasteiger partial charge in [-0.05, 0) is 77.4 Å². The Morgan fingerprint density at radius 3 is 2.59 bits per heavy atom. The van der Waals surface area contributed by atoms with Crippen molar-refractivity contribution in [2.75, 3.05) is 32.0 Å². The van der Waals surface area contributed by atoms with Crippen LogP contribution in [0.3, 0.4) is 0 Å². The summed E-state index contributed by atoms with van der Waals surface area (Å²) < 4.78 is 42.7. The number of benzene rings is 2. The van der Waals surface area contributed by atoms with Crippen molar-refractivity contribution >= 4 is 21.6 Å². The molecule has 1 unspecified atom stereocenters. The van der Waals surface area contributed by atoms with Gasteiger partial charge in [-0.15, -0.1) is 0 Å². The molecule has 0 radical (unpaired) electrons. The molecule has 2 aromatic rings. The minimum atomic E-state index is -3.88. The van der Waals surface area contributed by atoms with E-state index >= 15 is 0 Å². The molecule has 1 atom stereocenters. The number of hydrogen-bond donors (Lipinski definition) is 3. The number of hydrogen-bond acceptors (Lipinski definition) is 5. The summed E-state index contributed by atoms with van der Waals surface area (Å²) in [6.07, 6.45) is 2.14. The molecule has 1 amide bonds. The van der Waals surface area contributed by atoms with Gasteiger partial charge in [0, 0.05) is 42.0 Å². The van der Waals surface area contributed by atoms with Crippen molar-refractivity contribution < 1.29 is 17.6 Å². The molecule has 186 valence electrons. The fraction of sp³-hybridized carbons (Fsp3) is 0.480. The van der Waals surface area contributed by atoms with Gasteiger partial charge in [0.1, 0.15) is 5.82 Å². The number of halogens is 1. The summed E-state index contributed by atoms with van der Waals surface area (Å²) in [4.78, 5) is 15.2. The van der Waals surface area contributed by atoms with Crippen molar-refractivity contribution in [1.29, 1.82) is 0 Å². The number of likely N-dealkylation sites (tertiary alicyclic amines) is 1. The molecule has 0 bridgehead atoms. The molecule has 1 aliphatic rings. The van der Waals surface area contributed by atoms with E-state index in [-0.39, 0.29) is 28.7 Å². The van der Waals surface area contributed by atoms with Gasteiger partial charge in [0.15, 0.2) is 0 Å². The summed E-state index contributed by atoms with van der Waals surface area (Å²) in [5.74, 6) is -0.339. The van der Waals surface area contributed by atoms with E-state index in [0.717, 1.165) is 25.9 Å². The first kappa shape index (κ1) is 26.1. The predicted octanol–water partition coefficient (Wildman–Crippen LogP) is 3.59. The van der Waals surface area contributed by atoms with Crippen molar-refractivity contribution in [3.63, 3.8) is 0 Å². The number of carbonyl (C=O) groups excluding carboxylic acids is 1. The summed E-state index contributed by atoms with van der Waals surface area (Å²) in [5.41, 5.74) is 0.403. The van der Waals surface area contributed by atoms with E-state index in [1.165, 1.54) is 18.2 Å². The van der Waals surface area contributed by atoms with Crippen LogP contribution in [0.2, 0.25) is 0 Å². The second kappa shape index (κ2) is 10.8. The van der Waals surface area contributed by atoms with Crippen LogP contribution in [0.1, 0.15) is 49.5 Å². The molecule has 0 aromatic heterocycles. The molecule has 1 fully saturated rings. The largest absolute Gasteiger partial charge is 0.381 e. The Balaban J connectivity index is 1.84. The molecular weight excluding hydrogens is 455 g/mol. The summed E-state index contributed by atoms with van der Waals surface area (Å²) >= 11 is 0. The number of sulfonamides is 1. The number of anilines is 1. The summed E-state index contributed by atoms with van der Waals surface area (Å²) in [7, 11) is -1.81. The molecule has 2 aromatic carbocycles. The van der Waals surface area contributed by atoms with Gasteiger partial charge in [-0.2, -0.15) is 0 Å². The third kappa shape index (κ3) is 7.51. The molecule has 3 rings (SSSR count). The van der Waals surface area contributed by atoms with Crippen LogP contribution in [0, 0.1) is 11.7 Å². The monoisotopic (exact) mass is 490 g/mol. The minimum absolute atomic E-state index is 0.0245. The zero-order valence-electron chi connectivity index (χ0n) is 20.3. The Kier molecular flexibility index (Phi) is 8.33. The van der Waals surface area contributed by atoms with Crippen LogP contribution < -0.4 is 15.4 Å². The molecular formula is C25H35FN4O3S. The predicted molar refractivity (Wildman–Crippen MR) is 133 cm³/mol. The number of nitrogens with zero attached hydrogens (tertiary/aromatic N) is 1. The lowest BCUT2D eigenvalue weighted by atomic mass is 9.98. The Morgan fingerprint density at radius 1 is 1.18 bits per heavy atom. The maximum Gasteiger partial charge on any atom is 0.251 e. The number of nitrogens with one attached hydrogen (secondary N) is 3. The first-order chi connectivity index (χ1) is 15.9. The van der Waals surface area contributed by atoms with Gasteiger partial charge in [0.25, 0.3) is 5.91 Å². The number of carbonyl (C=O) groups is 1. The Hall–Kier alpha value is -2.49. The van der Waals surface area contributed by atoms with Crippen LogP contribution in [-0.4, -0.2) is 51.4 Å². The van der Waals surface area contributed by atoms with Crippen LogP contribution in [-0.2, 0) is 16.6 Å². The lowest BCUT2D eigenvalue weighted by Crippen LogP contribution is -2.40. The second-order valence-electron chi connectivity index (χ2n) is 10.0. The highest BCUT2D eigenvalue weighted by molar-refractivity contribution is 7.89. The highest BCUT2D eigenvalue weighted by Crippen LogP contribution is 2.22.